The van der Waals surface area contributed by atoms with Crippen LogP contribution in [0.3, 0.4) is 0 Å². The van der Waals surface area contributed by atoms with Gasteiger partial charge in [-0.2, -0.15) is 5.26 Å². The molecule has 25 heavy (non-hydrogen) atoms. The van der Waals surface area contributed by atoms with Crippen molar-refractivity contribution in [1.82, 2.24) is 15.5 Å². The topological polar surface area (TPSA) is 98.4 Å². The molecular formula is C17H20N4O3S. The number of rotatable bonds is 9. The predicted octanol–water partition coefficient (Wildman–Crippen LogP) is 2.13. The van der Waals surface area contributed by atoms with Crippen molar-refractivity contribution in [3.8, 4) is 6.07 Å². The maximum absolute atomic E-state index is 12.0. The van der Waals surface area contributed by atoms with Crippen LogP contribution in [0, 0.1) is 11.3 Å². The molecule has 0 saturated carbocycles. The van der Waals surface area contributed by atoms with E-state index in [9.17, 15) is 9.59 Å². The van der Waals surface area contributed by atoms with Crippen LogP contribution in [0.15, 0.2) is 40.3 Å². The van der Waals surface area contributed by atoms with E-state index in [1.165, 1.54) is 4.88 Å². The van der Waals surface area contributed by atoms with Gasteiger partial charge in [-0.1, -0.05) is 6.07 Å². The van der Waals surface area contributed by atoms with Gasteiger partial charge in [0.2, 0.25) is 5.91 Å². The highest BCUT2D eigenvalue weighted by atomic mass is 32.1. The standard InChI is InChI=1S/C17H20N4O3S/c18-7-3-9-21(12-14-4-1-10-24-14)13-16(22)20-17(23)19-8-6-15-5-2-11-25-15/h1-2,4-5,10-11H,3,6,8-9,12-13H2,(H2,19,20,22,23). The van der Waals surface area contributed by atoms with Crippen molar-refractivity contribution < 1.29 is 14.0 Å². The summed E-state index contributed by atoms with van der Waals surface area (Å²) in [5.74, 6) is 0.282. The first-order chi connectivity index (χ1) is 12.2. The van der Waals surface area contributed by atoms with Gasteiger partial charge in [0.25, 0.3) is 0 Å². The van der Waals surface area contributed by atoms with E-state index in [2.05, 4.69) is 16.7 Å². The second kappa shape index (κ2) is 10.3. The zero-order valence-corrected chi connectivity index (χ0v) is 14.6. The number of hydrogen-bond acceptors (Lipinski definition) is 6. The van der Waals surface area contributed by atoms with Gasteiger partial charge in [0, 0.05) is 24.4 Å². The SMILES string of the molecule is N#CCCN(CC(=O)NC(=O)NCCc1cccs1)Cc1ccco1. The van der Waals surface area contributed by atoms with Crippen molar-refractivity contribution in [2.45, 2.75) is 19.4 Å². The Balaban J connectivity index is 1.73. The average Bonchev–Trinajstić information content (AvgIpc) is 3.26. The Morgan fingerprint density at radius 2 is 2.20 bits per heavy atom. The number of imide groups is 1. The number of nitrogens with zero attached hydrogens (tertiary/aromatic N) is 2. The summed E-state index contributed by atoms with van der Waals surface area (Å²) < 4.78 is 5.26. The van der Waals surface area contributed by atoms with E-state index < -0.39 is 11.9 Å². The second-order valence-electron chi connectivity index (χ2n) is 5.33. The highest BCUT2D eigenvalue weighted by Crippen LogP contribution is 2.08. The number of amides is 3. The van der Waals surface area contributed by atoms with Gasteiger partial charge in [-0.15, -0.1) is 11.3 Å². The number of nitrogens with one attached hydrogen (secondary N) is 2. The van der Waals surface area contributed by atoms with Crippen molar-refractivity contribution in [3.63, 3.8) is 0 Å². The zero-order chi connectivity index (χ0) is 17.9. The summed E-state index contributed by atoms with van der Waals surface area (Å²) in [6, 6.07) is 9.05. The van der Waals surface area contributed by atoms with Crippen LogP contribution in [-0.4, -0.2) is 36.5 Å². The predicted molar refractivity (Wildman–Crippen MR) is 93.8 cm³/mol. The minimum Gasteiger partial charge on any atom is -0.468 e. The molecule has 0 aliphatic rings. The number of furan rings is 1. The molecule has 0 saturated heterocycles. The summed E-state index contributed by atoms with van der Waals surface area (Å²) in [4.78, 5) is 26.7. The summed E-state index contributed by atoms with van der Waals surface area (Å²) in [6.07, 6.45) is 2.58. The Labute approximate surface area is 150 Å². The molecule has 7 nitrogen and oxygen atoms in total. The van der Waals surface area contributed by atoms with E-state index in [-0.39, 0.29) is 6.54 Å². The molecule has 0 spiro atoms. The molecule has 2 aromatic rings. The largest absolute Gasteiger partial charge is 0.468 e. The lowest BCUT2D eigenvalue weighted by Gasteiger charge is -2.19. The fourth-order valence-electron chi connectivity index (χ4n) is 2.21. The number of urea groups is 1. The first-order valence-electron chi connectivity index (χ1n) is 7.89. The summed E-state index contributed by atoms with van der Waals surface area (Å²) in [5.41, 5.74) is 0. The van der Waals surface area contributed by atoms with E-state index in [0.717, 1.165) is 6.42 Å². The van der Waals surface area contributed by atoms with E-state index >= 15 is 0 Å². The van der Waals surface area contributed by atoms with E-state index in [1.807, 2.05) is 17.5 Å². The van der Waals surface area contributed by atoms with E-state index in [0.29, 0.717) is 31.8 Å². The third-order valence-corrected chi connectivity index (χ3v) is 4.29. The third-order valence-electron chi connectivity index (χ3n) is 3.36. The number of nitriles is 1. The number of thiophene rings is 1. The number of carbonyl (C=O) groups is 2. The summed E-state index contributed by atoms with van der Waals surface area (Å²) in [5, 5.41) is 15.7. The van der Waals surface area contributed by atoms with Crippen molar-refractivity contribution >= 4 is 23.3 Å². The normalized spacial score (nSPS) is 10.4. The molecule has 132 valence electrons. The maximum atomic E-state index is 12.0. The van der Waals surface area contributed by atoms with Crippen molar-refractivity contribution in [2.75, 3.05) is 19.6 Å². The molecule has 0 bridgehead atoms. The first-order valence-corrected chi connectivity index (χ1v) is 8.77. The van der Waals surface area contributed by atoms with Gasteiger partial charge in [0.05, 0.1) is 25.4 Å². The molecule has 2 N–H and O–H groups in total. The molecule has 2 heterocycles. The molecule has 0 aliphatic heterocycles. The van der Waals surface area contributed by atoms with Crippen molar-refractivity contribution in [3.05, 3.63) is 46.5 Å². The van der Waals surface area contributed by atoms with Gasteiger partial charge in [-0.25, -0.2) is 4.79 Å². The molecule has 0 fully saturated rings. The quantitative estimate of drug-likeness (QED) is 0.714. The molecule has 0 aliphatic carbocycles. The fraction of sp³-hybridized carbons (Fsp3) is 0.353. The van der Waals surface area contributed by atoms with Crippen LogP contribution in [0.2, 0.25) is 0 Å². The van der Waals surface area contributed by atoms with Gasteiger partial charge in [-0.3, -0.25) is 15.0 Å². The van der Waals surface area contributed by atoms with Crippen LogP contribution < -0.4 is 10.6 Å². The lowest BCUT2D eigenvalue weighted by molar-refractivity contribution is -0.121. The van der Waals surface area contributed by atoms with Crippen LogP contribution in [0.5, 0.6) is 0 Å². The number of hydrogen-bond donors (Lipinski definition) is 2. The minimum atomic E-state index is -0.514. The van der Waals surface area contributed by atoms with Gasteiger partial charge in [0.15, 0.2) is 0 Å². The van der Waals surface area contributed by atoms with Crippen LogP contribution in [0.1, 0.15) is 17.1 Å². The summed E-state index contributed by atoms with van der Waals surface area (Å²) in [7, 11) is 0. The summed E-state index contributed by atoms with van der Waals surface area (Å²) >= 11 is 1.63. The van der Waals surface area contributed by atoms with Crippen molar-refractivity contribution in [2.24, 2.45) is 0 Å². The zero-order valence-electron chi connectivity index (χ0n) is 13.7. The molecule has 0 unspecified atom stereocenters. The fourth-order valence-corrected chi connectivity index (χ4v) is 2.92. The molecule has 2 aromatic heterocycles. The Kier molecular flexibility index (Phi) is 7.69. The molecule has 8 heteroatoms. The van der Waals surface area contributed by atoms with Crippen molar-refractivity contribution in [1.29, 1.82) is 5.26 Å². The minimum absolute atomic E-state index is 0.0146. The molecular weight excluding hydrogens is 340 g/mol. The van der Waals surface area contributed by atoms with Gasteiger partial charge >= 0.3 is 6.03 Å². The molecule has 0 atom stereocenters. The third kappa shape index (κ3) is 7.20. The first kappa shape index (κ1) is 18.7. The molecule has 0 radical (unpaired) electrons. The second-order valence-corrected chi connectivity index (χ2v) is 6.36. The lowest BCUT2D eigenvalue weighted by atomic mass is 10.3. The van der Waals surface area contributed by atoms with Crippen LogP contribution >= 0.6 is 11.3 Å². The highest BCUT2D eigenvalue weighted by Gasteiger charge is 2.14. The Hall–Kier alpha value is -2.63. The monoisotopic (exact) mass is 360 g/mol. The molecule has 2 rings (SSSR count). The van der Waals surface area contributed by atoms with Crippen LogP contribution in [0.25, 0.3) is 0 Å². The Bertz CT molecular complexity index is 692. The Morgan fingerprint density at radius 3 is 2.88 bits per heavy atom. The van der Waals surface area contributed by atoms with Crippen LogP contribution in [0.4, 0.5) is 4.79 Å². The maximum Gasteiger partial charge on any atom is 0.321 e. The summed E-state index contributed by atoms with van der Waals surface area (Å²) in [6.45, 7) is 1.30. The van der Waals surface area contributed by atoms with Crippen LogP contribution in [-0.2, 0) is 17.8 Å². The smallest absolute Gasteiger partial charge is 0.321 e. The number of carbonyl (C=O) groups excluding carboxylic acids is 2. The Morgan fingerprint density at radius 1 is 1.32 bits per heavy atom. The van der Waals surface area contributed by atoms with Gasteiger partial charge in [0.1, 0.15) is 5.76 Å². The molecule has 3 amide bonds. The van der Waals surface area contributed by atoms with E-state index in [4.69, 9.17) is 9.68 Å². The van der Waals surface area contributed by atoms with Gasteiger partial charge < -0.3 is 9.73 Å². The van der Waals surface area contributed by atoms with Gasteiger partial charge in [-0.05, 0) is 30.0 Å². The molecule has 0 aromatic carbocycles. The highest BCUT2D eigenvalue weighted by molar-refractivity contribution is 7.09. The van der Waals surface area contributed by atoms with E-state index in [1.54, 1.807) is 34.6 Å². The average molecular weight is 360 g/mol. The lowest BCUT2D eigenvalue weighted by Crippen LogP contribution is -2.45.